The van der Waals surface area contributed by atoms with Crippen molar-refractivity contribution >= 4 is 17.4 Å². The highest BCUT2D eigenvalue weighted by Gasteiger charge is 2.31. The number of piperidine rings is 1. The van der Waals surface area contributed by atoms with Crippen molar-refractivity contribution in [3.63, 3.8) is 0 Å². The van der Waals surface area contributed by atoms with Gasteiger partial charge in [0.25, 0.3) is 0 Å². The fraction of sp³-hybridized carbons (Fsp3) is 0.737. The second-order valence-corrected chi connectivity index (χ2v) is 8.97. The third kappa shape index (κ3) is 5.19. The monoisotopic (exact) mass is 381 g/mol. The number of carbonyl (C=O) groups excluding carboxylic acids is 1. The molecule has 0 bridgehead atoms. The van der Waals surface area contributed by atoms with Gasteiger partial charge in [0.05, 0.1) is 19.3 Å². The Labute approximate surface area is 160 Å². The van der Waals surface area contributed by atoms with Crippen LogP contribution in [0.25, 0.3) is 0 Å². The zero-order valence-electron chi connectivity index (χ0n) is 15.8. The molecule has 3 rings (SSSR count). The van der Waals surface area contributed by atoms with E-state index >= 15 is 0 Å². The van der Waals surface area contributed by atoms with Gasteiger partial charge >= 0.3 is 6.03 Å². The molecule has 1 aromatic heterocycles. The van der Waals surface area contributed by atoms with Gasteiger partial charge < -0.3 is 20.1 Å². The molecule has 2 fully saturated rings. The van der Waals surface area contributed by atoms with E-state index in [1.165, 1.54) is 0 Å². The maximum absolute atomic E-state index is 12.7. The molecule has 1 aromatic rings. The predicted molar refractivity (Wildman–Crippen MR) is 103 cm³/mol. The van der Waals surface area contributed by atoms with Crippen molar-refractivity contribution in [2.45, 2.75) is 38.3 Å². The van der Waals surface area contributed by atoms with Gasteiger partial charge in [0, 0.05) is 43.1 Å². The van der Waals surface area contributed by atoms with Crippen molar-refractivity contribution in [2.75, 3.05) is 45.9 Å². The number of amides is 2. The molecule has 0 saturated carbocycles. The van der Waals surface area contributed by atoms with Crippen LogP contribution in [0.15, 0.2) is 17.5 Å². The lowest BCUT2D eigenvalue weighted by Crippen LogP contribution is -2.57. The van der Waals surface area contributed by atoms with Crippen LogP contribution in [0.1, 0.15) is 37.7 Å². The smallest absolute Gasteiger partial charge is 0.317 e. The Balaban J connectivity index is 1.45. The minimum atomic E-state index is -0.405. The Kier molecular flexibility index (Phi) is 6.55. The molecule has 0 spiro atoms. The first-order valence-electron chi connectivity index (χ1n) is 9.53. The van der Waals surface area contributed by atoms with E-state index in [-0.39, 0.29) is 17.5 Å². The molecule has 1 unspecified atom stereocenters. The summed E-state index contributed by atoms with van der Waals surface area (Å²) >= 11 is 1.60. The molecule has 2 amide bonds. The standard InChI is InChI=1S/C19H31N3O3S/c1-19(2,14-21-9-11-25-12-10-21)20-18(24)22-7-5-15(6-8-22)17(23)16-4-3-13-26-16/h3-4,13,15,17,23H,5-12,14H2,1-2H3,(H,20,24). The Hall–Kier alpha value is -1.15. The highest BCUT2D eigenvalue weighted by Crippen LogP contribution is 2.32. The number of urea groups is 1. The summed E-state index contributed by atoms with van der Waals surface area (Å²) in [5.41, 5.74) is -0.276. The second kappa shape index (κ2) is 8.69. The molecule has 0 aliphatic carbocycles. The first kappa shape index (κ1) is 19.6. The Morgan fingerprint density at radius 2 is 2.04 bits per heavy atom. The number of carbonyl (C=O) groups is 1. The molecule has 2 saturated heterocycles. The van der Waals surface area contributed by atoms with Gasteiger partial charge in [-0.05, 0) is 44.1 Å². The van der Waals surface area contributed by atoms with E-state index in [2.05, 4.69) is 24.1 Å². The SMILES string of the molecule is CC(C)(CN1CCOCC1)NC(=O)N1CCC(C(O)c2cccs2)CC1. The molecule has 6 nitrogen and oxygen atoms in total. The molecule has 0 aromatic carbocycles. The average Bonchev–Trinajstić information content (AvgIpc) is 3.16. The van der Waals surface area contributed by atoms with E-state index in [1.807, 2.05) is 22.4 Å². The number of hydrogen-bond acceptors (Lipinski definition) is 5. The molecule has 0 radical (unpaired) electrons. The van der Waals surface area contributed by atoms with Gasteiger partial charge in [-0.3, -0.25) is 4.90 Å². The third-order valence-corrected chi connectivity index (χ3v) is 6.22. The fourth-order valence-electron chi connectivity index (χ4n) is 3.84. The lowest BCUT2D eigenvalue weighted by Gasteiger charge is -2.39. The minimum Gasteiger partial charge on any atom is -0.387 e. The predicted octanol–water partition coefficient (Wildman–Crippen LogP) is 2.31. The van der Waals surface area contributed by atoms with E-state index in [0.29, 0.717) is 13.1 Å². The highest BCUT2D eigenvalue weighted by molar-refractivity contribution is 7.10. The van der Waals surface area contributed by atoms with Crippen LogP contribution in [-0.4, -0.2) is 72.4 Å². The van der Waals surface area contributed by atoms with Crippen LogP contribution in [0.5, 0.6) is 0 Å². The zero-order chi connectivity index (χ0) is 18.6. The van der Waals surface area contributed by atoms with E-state index in [1.54, 1.807) is 11.3 Å². The van der Waals surface area contributed by atoms with Crippen LogP contribution in [0.4, 0.5) is 4.79 Å². The van der Waals surface area contributed by atoms with E-state index in [4.69, 9.17) is 4.74 Å². The number of hydrogen-bond donors (Lipinski definition) is 2. The molecule has 3 heterocycles. The Morgan fingerprint density at radius 1 is 1.35 bits per heavy atom. The van der Waals surface area contributed by atoms with Crippen molar-refractivity contribution in [1.82, 2.24) is 15.1 Å². The van der Waals surface area contributed by atoms with Gasteiger partial charge in [-0.15, -0.1) is 11.3 Å². The van der Waals surface area contributed by atoms with E-state index in [9.17, 15) is 9.90 Å². The number of likely N-dealkylation sites (tertiary alicyclic amines) is 1. The van der Waals surface area contributed by atoms with Crippen LogP contribution < -0.4 is 5.32 Å². The molecule has 2 aliphatic heterocycles. The molecule has 1 atom stereocenters. The number of aliphatic hydroxyl groups excluding tert-OH is 1. The van der Waals surface area contributed by atoms with Crippen LogP contribution in [0.3, 0.4) is 0 Å². The summed E-state index contributed by atoms with van der Waals surface area (Å²) in [5.74, 6) is 0.235. The quantitative estimate of drug-likeness (QED) is 0.822. The number of aliphatic hydroxyl groups is 1. The summed E-state index contributed by atoms with van der Waals surface area (Å²) in [4.78, 5) is 17.9. The maximum atomic E-state index is 12.7. The maximum Gasteiger partial charge on any atom is 0.317 e. The lowest BCUT2D eigenvalue weighted by molar-refractivity contribution is 0.0269. The van der Waals surface area contributed by atoms with Crippen LogP contribution in [0.2, 0.25) is 0 Å². The highest BCUT2D eigenvalue weighted by atomic mass is 32.1. The molecule has 146 valence electrons. The number of morpholine rings is 1. The number of ether oxygens (including phenoxy) is 1. The largest absolute Gasteiger partial charge is 0.387 e. The summed E-state index contributed by atoms with van der Waals surface area (Å²) < 4.78 is 5.39. The fourth-order valence-corrected chi connectivity index (χ4v) is 4.64. The van der Waals surface area contributed by atoms with Gasteiger partial charge in [-0.25, -0.2) is 4.79 Å². The molecule has 26 heavy (non-hydrogen) atoms. The summed E-state index contributed by atoms with van der Waals surface area (Å²) in [7, 11) is 0. The van der Waals surface area contributed by atoms with Gasteiger partial charge in [0.2, 0.25) is 0 Å². The third-order valence-electron chi connectivity index (χ3n) is 5.28. The van der Waals surface area contributed by atoms with Crippen molar-refractivity contribution < 1.29 is 14.6 Å². The Morgan fingerprint density at radius 3 is 2.65 bits per heavy atom. The molecule has 7 heteroatoms. The molecule has 2 N–H and O–H groups in total. The number of thiophene rings is 1. The van der Waals surface area contributed by atoms with Crippen molar-refractivity contribution in [1.29, 1.82) is 0 Å². The van der Waals surface area contributed by atoms with Gasteiger partial charge in [-0.1, -0.05) is 6.07 Å². The Bertz CT molecular complexity index is 565. The lowest BCUT2D eigenvalue weighted by atomic mass is 9.90. The van der Waals surface area contributed by atoms with E-state index in [0.717, 1.165) is 50.6 Å². The number of rotatable bonds is 5. The number of nitrogens with one attached hydrogen (secondary N) is 1. The normalized spacial score (nSPS) is 21.6. The van der Waals surface area contributed by atoms with Gasteiger partial charge in [0.15, 0.2) is 0 Å². The summed E-state index contributed by atoms with van der Waals surface area (Å²) in [6.45, 7) is 9.76. The molecule has 2 aliphatic rings. The minimum absolute atomic E-state index is 0.00678. The molecular formula is C19H31N3O3S. The zero-order valence-corrected chi connectivity index (χ0v) is 16.6. The topological polar surface area (TPSA) is 65.0 Å². The summed E-state index contributed by atoms with van der Waals surface area (Å²) in [6, 6.07) is 3.97. The van der Waals surface area contributed by atoms with Crippen molar-refractivity contribution in [3.8, 4) is 0 Å². The van der Waals surface area contributed by atoms with Crippen LogP contribution >= 0.6 is 11.3 Å². The van der Waals surface area contributed by atoms with Crippen LogP contribution in [0, 0.1) is 5.92 Å². The first-order valence-corrected chi connectivity index (χ1v) is 10.4. The van der Waals surface area contributed by atoms with E-state index < -0.39 is 6.10 Å². The average molecular weight is 382 g/mol. The number of nitrogens with zero attached hydrogens (tertiary/aromatic N) is 2. The van der Waals surface area contributed by atoms with Crippen molar-refractivity contribution in [2.24, 2.45) is 5.92 Å². The molecular weight excluding hydrogens is 350 g/mol. The summed E-state index contributed by atoms with van der Waals surface area (Å²) in [5, 5.41) is 15.7. The van der Waals surface area contributed by atoms with Crippen molar-refractivity contribution in [3.05, 3.63) is 22.4 Å². The second-order valence-electron chi connectivity index (χ2n) is 7.99. The van der Waals surface area contributed by atoms with Gasteiger partial charge in [-0.2, -0.15) is 0 Å². The summed E-state index contributed by atoms with van der Waals surface area (Å²) in [6.07, 6.45) is 1.28. The first-order chi connectivity index (χ1) is 12.4. The van der Waals surface area contributed by atoms with Crippen LogP contribution in [-0.2, 0) is 4.74 Å². The van der Waals surface area contributed by atoms with Gasteiger partial charge in [0.1, 0.15) is 0 Å².